The average Bonchev–Trinajstić information content (AvgIpc) is 3.23. The number of hydrazine groups is 2. The third-order valence-electron chi connectivity index (χ3n) is 4.57. The first-order valence-corrected chi connectivity index (χ1v) is 8.93. The molecule has 4 rings (SSSR count). The van der Waals surface area contributed by atoms with Crippen molar-refractivity contribution in [2.75, 3.05) is 0 Å². The Balaban J connectivity index is 1.61. The van der Waals surface area contributed by atoms with E-state index in [-0.39, 0.29) is 0 Å². The molecule has 0 aromatic heterocycles. The third-order valence-corrected chi connectivity index (χ3v) is 4.57. The van der Waals surface area contributed by atoms with E-state index in [4.69, 9.17) is 5.21 Å². The minimum Gasteiger partial charge on any atom is -0.302 e. The smallest absolute Gasteiger partial charge is 0.275 e. The minimum atomic E-state index is -0.530. The number of hydrogen-bond donors (Lipinski definition) is 4. The Morgan fingerprint density at radius 1 is 0.929 bits per heavy atom. The second-order valence-electron chi connectivity index (χ2n) is 6.46. The highest BCUT2D eigenvalue weighted by Gasteiger charge is 2.16. The maximum absolute atomic E-state index is 12.1. The lowest BCUT2D eigenvalue weighted by Gasteiger charge is -2.17. The topological polar surface area (TPSA) is 76.6 Å². The zero-order chi connectivity index (χ0) is 19.3. The molecule has 1 aliphatic rings. The number of hydroxylamine groups is 1. The lowest BCUT2D eigenvalue weighted by molar-refractivity contribution is 0.0707. The van der Waals surface area contributed by atoms with E-state index in [1.165, 1.54) is 0 Å². The van der Waals surface area contributed by atoms with E-state index in [2.05, 4.69) is 11.0 Å². The van der Waals surface area contributed by atoms with E-state index in [9.17, 15) is 4.79 Å². The molecule has 6 heteroatoms. The van der Waals surface area contributed by atoms with E-state index in [0.29, 0.717) is 12.1 Å². The van der Waals surface area contributed by atoms with Crippen molar-refractivity contribution in [2.24, 2.45) is 0 Å². The molecule has 0 atom stereocenters. The van der Waals surface area contributed by atoms with Crippen LogP contribution in [-0.2, 0) is 6.54 Å². The molecule has 0 fully saturated rings. The number of carbonyl (C=O) groups excluding carboxylic acids is 1. The maximum atomic E-state index is 12.1. The fraction of sp³-hybridized carbons (Fsp3) is 0.0455. The molecular weight excluding hydrogens is 352 g/mol. The number of benzene rings is 3. The molecule has 28 heavy (non-hydrogen) atoms. The zero-order valence-electron chi connectivity index (χ0n) is 15.1. The maximum Gasteiger partial charge on any atom is 0.275 e. The van der Waals surface area contributed by atoms with Gasteiger partial charge >= 0.3 is 0 Å². The Morgan fingerprint density at radius 3 is 2.29 bits per heavy atom. The van der Waals surface area contributed by atoms with Gasteiger partial charge in [-0.25, -0.2) is 5.48 Å². The number of amides is 1. The van der Waals surface area contributed by atoms with Gasteiger partial charge < -0.3 is 5.43 Å². The molecule has 0 spiro atoms. The van der Waals surface area contributed by atoms with Gasteiger partial charge in [0.05, 0.1) is 12.2 Å². The van der Waals surface area contributed by atoms with E-state index in [1.807, 2.05) is 84.0 Å². The fourth-order valence-electron chi connectivity index (χ4n) is 3.20. The number of rotatable bonds is 5. The third kappa shape index (κ3) is 3.73. The normalized spacial score (nSPS) is 13.0. The van der Waals surface area contributed by atoms with Crippen LogP contribution in [-0.4, -0.2) is 16.1 Å². The molecule has 3 aromatic rings. The van der Waals surface area contributed by atoms with Gasteiger partial charge in [0.25, 0.3) is 5.91 Å². The van der Waals surface area contributed by atoms with E-state index in [1.54, 1.807) is 11.5 Å². The van der Waals surface area contributed by atoms with E-state index < -0.39 is 5.91 Å². The van der Waals surface area contributed by atoms with Gasteiger partial charge in [0, 0.05) is 17.3 Å². The summed E-state index contributed by atoms with van der Waals surface area (Å²) in [6.45, 7) is 0.601. The Hall–Kier alpha value is -3.61. The molecule has 0 aliphatic carbocycles. The molecule has 140 valence electrons. The van der Waals surface area contributed by atoms with Crippen molar-refractivity contribution in [3.05, 3.63) is 102 Å². The van der Waals surface area contributed by atoms with Crippen molar-refractivity contribution >= 4 is 11.6 Å². The van der Waals surface area contributed by atoms with Gasteiger partial charge in [-0.3, -0.25) is 15.0 Å². The van der Waals surface area contributed by atoms with Crippen LogP contribution < -0.4 is 16.4 Å². The van der Waals surface area contributed by atoms with Gasteiger partial charge in [0.1, 0.15) is 0 Å². The molecule has 1 aliphatic heterocycles. The molecule has 1 amide bonds. The van der Waals surface area contributed by atoms with E-state index in [0.717, 1.165) is 28.0 Å². The summed E-state index contributed by atoms with van der Waals surface area (Å²) in [5.41, 5.74) is 13.2. The van der Waals surface area contributed by atoms with Crippen molar-refractivity contribution in [3.63, 3.8) is 0 Å². The molecule has 0 saturated heterocycles. The van der Waals surface area contributed by atoms with Crippen molar-refractivity contribution in [1.29, 1.82) is 0 Å². The highest BCUT2D eigenvalue weighted by molar-refractivity contribution is 6.00. The molecular formula is C22H20N4O2. The summed E-state index contributed by atoms with van der Waals surface area (Å²) < 4.78 is 0. The predicted octanol–water partition coefficient (Wildman–Crippen LogP) is 3.30. The Bertz CT molecular complexity index is 1000. The first-order chi connectivity index (χ1) is 13.7. The highest BCUT2D eigenvalue weighted by Crippen LogP contribution is 2.26. The second-order valence-corrected chi connectivity index (χ2v) is 6.46. The lowest BCUT2D eigenvalue weighted by Crippen LogP contribution is -2.35. The van der Waals surface area contributed by atoms with Gasteiger partial charge in [-0.15, -0.1) is 5.53 Å². The number of carbonyl (C=O) groups is 1. The summed E-state index contributed by atoms with van der Waals surface area (Å²) in [4.78, 5) is 12.1. The van der Waals surface area contributed by atoms with Crippen LogP contribution in [0.15, 0.2) is 85.1 Å². The summed E-state index contributed by atoms with van der Waals surface area (Å²) in [5, 5.41) is 11.0. The zero-order valence-corrected chi connectivity index (χ0v) is 15.1. The summed E-state index contributed by atoms with van der Waals surface area (Å²) in [7, 11) is 0. The quantitative estimate of drug-likeness (QED) is 0.408. The molecule has 4 N–H and O–H groups in total. The van der Waals surface area contributed by atoms with Crippen LogP contribution >= 0.6 is 0 Å². The van der Waals surface area contributed by atoms with Crippen LogP contribution in [0.25, 0.3) is 16.8 Å². The van der Waals surface area contributed by atoms with Crippen molar-refractivity contribution in [2.45, 2.75) is 6.54 Å². The first kappa shape index (κ1) is 17.8. The summed E-state index contributed by atoms with van der Waals surface area (Å²) in [5.74, 6) is -0.530. The number of hydrogen-bond acceptors (Lipinski definition) is 5. The van der Waals surface area contributed by atoms with Gasteiger partial charge in [-0.1, -0.05) is 66.7 Å². The number of nitrogens with one attached hydrogen (secondary N) is 3. The molecule has 0 radical (unpaired) electrons. The van der Waals surface area contributed by atoms with Crippen LogP contribution in [0, 0.1) is 0 Å². The Kier molecular flexibility index (Phi) is 5.05. The van der Waals surface area contributed by atoms with Crippen LogP contribution in [0.3, 0.4) is 0 Å². The van der Waals surface area contributed by atoms with Crippen LogP contribution in [0.1, 0.15) is 21.5 Å². The fourth-order valence-corrected chi connectivity index (χ4v) is 3.20. The largest absolute Gasteiger partial charge is 0.302 e. The Morgan fingerprint density at radius 2 is 1.61 bits per heavy atom. The van der Waals surface area contributed by atoms with E-state index >= 15 is 0 Å². The standard InChI is InChI=1S/C22H20N4O2/c27-22(24-28)19-12-11-16(13-20(19)17-7-3-1-4-8-17)14-26-15-21(23-25-26)18-9-5-2-6-10-18/h1-13,15,23,25,28H,14H2,(H,24,27). The molecule has 3 aromatic carbocycles. The van der Waals surface area contributed by atoms with Crippen molar-refractivity contribution < 1.29 is 10.0 Å². The second kappa shape index (κ2) is 7.96. The van der Waals surface area contributed by atoms with Gasteiger partial charge in [-0.05, 0) is 28.8 Å². The van der Waals surface area contributed by atoms with Crippen LogP contribution in [0.4, 0.5) is 0 Å². The molecule has 0 saturated carbocycles. The van der Waals surface area contributed by atoms with Gasteiger partial charge in [0.2, 0.25) is 0 Å². The summed E-state index contributed by atoms with van der Waals surface area (Å²) in [6, 6.07) is 25.3. The molecule has 1 heterocycles. The molecule has 0 bridgehead atoms. The molecule has 6 nitrogen and oxygen atoms in total. The first-order valence-electron chi connectivity index (χ1n) is 8.93. The Labute approximate surface area is 163 Å². The van der Waals surface area contributed by atoms with Crippen molar-refractivity contribution in [1.82, 2.24) is 21.4 Å². The average molecular weight is 372 g/mol. The van der Waals surface area contributed by atoms with Crippen LogP contribution in [0.2, 0.25) is 0 Å². The SMILES string of the molecule is O=C(NO)c1ccc(CN2C=C(c3ccccc3)NN2)cc1-c1ccccc1. The minimum absolute atomic E-state index is 0.422. The highest BCUT2D eigenvalue weighted by atomic mass is 16.5. The lowest BCUT2D eigenvalue weighted by atomic mass is 9.96. The van der Waals surface area contributed by atoms with Gasteiger partial charge in [0.15, 0.2) is 0 Å². The molecule has 0 unspecified atom stereocenters. The predicted molar refractivity (Wildman–Crippen MR) is 107 cm³/mol. The summed E-state index contributed by atoms with van der Waals surface area (Å²) >= 11 is 0. The number of nitrogens with zero attached hydrogens (tertiary/aromatic N) is 1. The van der Waals surface area contributed by atoms with Crippen molar-refractivity contribution in [3.8, 4) is 11.1 Å². The van der Waals surface area contributed by atoms with Gasteiger partial charge in [-0.2, -0.15) is 0 Å². The van der Waals surface area contributed by atoms with Crippen LogP contribution in [0.5, 0.6) is 0 Å². The summed E-state index contributed by atoms with van der Waals surface area (Å²) in [6.07, 6.45) is 2.01. The monoisotopic (exact) mass is 372 g/mol.